The van der Waals surface area contributed by atoms with Crippen molar-refractivity contribution in [2.75, 3.05) is 26.0 Å². The Morgan fingerprint density at radius 3 is 1.13 bits per heavy atom. The molecule has 0 bridgehead atoms. The maximum atomic E-state index is 12.6. The molecule has 0 saturated carbocycles. The van der Waals surface area contributed by atoms with Crippen LogP contribution in [-0.4, -0.2) is 46.0 Å². The van der Waals surface area contributed by atoms with Crippen molar-refractivity contribution < 1.29 is 13.6 Å². The van der Waals surface area contributed by atoms with Crippen LogP contribution in [0.3, 0.4) is 0 Å². The molecule has 0 aliphatic carbocycles. The van der Waals surface area contributed by atoms with Gasteiger partial charge in [-0.15, -0.1) is 0 Å². The minimum atomic E-state index is -1.84. The Morgan fingerprint density at radius 1 is 0.433 bits per heavy atom. The standard InChI is InChI=1S/C54H111NO3SSi/c1-6-10-14-18-21-24-26-28-30-32-34-38-42-47-54(55-5,48-43-39-35-33-31-29-27-25-22-19-15-11-7-2)52-58-60(57-49-44-40-36-23-20-16-12-8-3)51-45-50-59-53(56)46-41-37-17-13-9-4/h55,60H,6-52H2,1-5H3. The van der Waals surface area contributed by atoms with Crippen molar-refractivity contribution in [3.05, 3.63) is 0 Å². The zero-order valence-electron chi connectivity index (χ0n) is 41.9. The van der Waals surface area contributed by atoms with Crippen LogP contribution < -0.4 is 5.32 Å². The van der Waals surface area contributed by atoms with E-state index in [1.54, 1.807) is 11.8 Å². The molecule has 0 spiro atoms. The molecule has 0 heterocycles. The molecule has 0 radical (unpaired) electrons. The highest BCUT2D eigenvalue weighted by Crippen LogP contribution is 2.26. The van der Waals surface area contributed by atoms with Gasteiger partial charge in [-0.2, -0.15) is 0 Å². The van der Waals surface area contributed by atoms with Gasteiger partial charge in [-0.3, -0.25) is 4.79 Å². The summed E-state index contributed by atoms with van der Waals surface area (Å²) in [6.45, 7) is 10.8. The van der Waals surface area contributed by atoms with Crippen molar-refractivity contribution in [3.8, 4) is 0 Å². The summed E-state index contributed by atoms with van der Waals surface area (Å²) in [6.07, 6.45) is 57.3. The first kappa shape index (κ1) is 60.1. The smallest absolute Gasteiger partial charge is 0.321 e. The van der Waals surface area contributed by atoms with Crippen LogP contribution in [0.15, 0.2) is 0 Å². The van der Waals surface area contributed by atoms with E-state index in [0.717, 1.165) is 50.7 Å². The van der Waals surface area contributed by atoms with Crippen LogP contribution in [0.4, 0.5) is 0 Å². The largest absolute Gasteiger partial charge is 0.397 e. The van der Waals surface area contributed by atoms with Gasteiger partial charge < -0.3 is 14.2 Å². The third-order valence-corrected chi connectivity index (χ3v) is 16.3. The molecule has 0 aliphatic heterocycles. The first-order valence-corrected chi connectivity index (χ1v) is 30.4. The predicted molar refractivity (Wildman–Crippen MR) is 274 cm³/mol. The molecule has 0 rings (SSSR count). The van der Waals surface area contributed by atoms with Crippen molar-refractivity contribution in [1.29, 1.82) is 0 Å². The fourth-order valence-corrected chi connectivity index (χ4v) is 11.9. The minimum Gasteiger partial charge on any atom is -0.397 e. The summed E-state index contributed by atoms with van der Waals surface area (Å²) in [6, 6.07) is 1.02. The molecule has 0 aromatic carbocycles. The summed E-state index contributed by atoms with van der Waals surface area (Å²) >= 11 is 1.57. The van der Waals surface area contributed by atoms with E-state index in [9.17, 15) is 4.79 Å². The van der Waals surface area contributed by atoms with E-state index in [1.165, 1.54) is 250 Å². The Kier molecular flexibility index (Phi) is 50.2. The van der Waals surface area contributed by atoms with Crippen LogP contribution in [0.2, 0.25) is 6.04 Å². The molecular formula is C54H111NO3SSi. The molecule has 0 amide bonds. The number of likely N-dealkylation sites (N-methyl/N-ethyl adjacent to an activating group) is 1. The number of nitrogens with one attached hydrogen (secondary N) is 1. The topological polar surface area (TPSA) is 47.6 Å². The monoisotopic (exact) mass is 882 g/mol. The average molecular weight is 883 g/mol. The Balaban J connectivity index is 5.07. The quantitative estimate of drug-likeness (QED) is 0.0487. The third-order valence-electron chi connectivity index (χ3n) is 13.2. The number of hydrogen-bond acceptors (Lipinski definition) is 5. The lowest BCUT2D eigenvalue weighted by molar-refractivity contribution is -0.111. The summed E-state index contributed by atoms with van der Waals surface area (Å²) in [5.74, 6) is 0.914. The highest BCUT2D eigenvalue weighted by atomic mass is 32.2. The van der Waals surface area contributed by atoms with Gasteiger partial charge in [0.05, 0.1) is 6.61 Å². The van der Waals surface area contributed by atoms with Crippen LogP contribution in [0.5, 0.6) is 0 Å². The molecule has 0 aromatic rings. The normalized spacial score (nSPS) is 12.5. The molecule has 0 aliphatic rings. The van der Waals surface area contributed by atoms with Crippen LogP contribution in [0.25, 0.3) is 0 Å². The number of carbonyl (C=O) groups is 1. The minimum absolute atomic E-state index is 0.0468. The Hall–Kier alpha value is 0.117. The van der Waals surface area contributed by atoms with E-state index in [2.05, 4.69) is 40.1 Å². The Labute approximate surface area is 384 Å². The van der Waals surface area contributed by atoms with Gasteiger partial charge in [-0.25, -0.2) is 0 Å². The first-order valence-electron chi connectivity index (χ1n) is 27.6. The fourth-order valence-electron chi connectivity index (χ4n) is 8.85. The Morgan fingerprint density at radius 2 is 0.767 bits per heavy atom. The SMILES string of the molecule is CCCCCCCCCCCCCCCC(CCCCCCCCCCCCCCC)(CO[SiH](CCCSC(=O)CCCCCCC)OCCCCCCCCCC)NC. The van der Waals surface area contributed by atoms with Gasteiger partial charge in [-0.1, -0.05) is 277 Å². The molecule has 1 atom stereocenters. The van der Waals surface area contributed by atoms with E-state index in [0.29, 0.717) is 5.12 Å². The zero-order chi connectivity index (χ0) is 43.7. The molecule has 4 nitrogen and oxygen atoms in total. The second-order valence-electron chi connectivity index (χ2n) is 19.1. The molecule has 60 heavy (non-hydrogen) atoms. The molecule has 1 unspecified atom stereocenters. The summed E-state index contributed by atoms with van der Waals surface area (Å²) < 4.78 is 13.6. The lowest BCUT2D eigenvalue weighted by Crippen LogP contribution is -2.49. The number of hydrogen-bond donors (Lipinski definition) is 1. The second kappa shape index (κ2) is 50.1. The van der Waals surface area contributed by atoms with Gasteiger partial charge in [0.1, 0.15) is 0 Å². The zero-order valence-corrected chi connectivity index (χ0v) is 43.9. The molecule has 0 fully saturated rings. The summed E-state index contributed by atoms with van der Waals surface area (Å²) in [7, 11) is 0.369. The Bertz CT molecular complexity index is 801. The van der Waals surface area contributed by atoms with Gasteiger partial charge >= 0.3 is 9.28 Å². The van der Waals surface area contributed by atoms with E-state index in [1.807, 2.05) is 0 Å². The maximum absolute atomic E-state index is 12.6. The molecule has 0 aromatic heterocycles. The summed E-state index contributed by atoms with van der Waals surface area (Å²) in [5, 5.41) is 4.25. The summed E-state index contributed by atoms with van der Waals surface area (Å²) in [5.41, 5.74) is 0.0468. The first-order chi connectivity index (χ1) is 29.6. The molecule has 0 saturated heterocycles. The van der Waals surface area contributed by atoms with Gasteiger partial charge in [0.2, 0.25) is 0 Å². The van der Waals surface area contributed by atoms with Crippen LogP contribution in [0.1, 0.15) is 304 Å². The molecule has 360 valence electrons. The van der Waals surface area contributed by atoms with E-state index in [4.69, 9.17) is 8.85 Å². The van der Waals surface area contributed by atoms with Gasteiger partial charge in [0, 0.05) is 24.3 Å². The second-order valence-corrected chi connectivity index (χ2v) is 22.4. The number of carbonyl (C=O) groups excluding carboxylic acids is 1. The van der Waals surface area contributed by atoms with E-state index >= 15 is 0 Å². The van der Waals surface area contributed by atoms with Crippen LogP contribution in [-0.2, 0) is 13.6 Å². The average Bonchev–Trinajstić information content (AvgIpc) is 3.26. The highest BCUT2D eigenvalue weighted by molar-refractivity contribution is 8.13. The van der Waals surface area contributed by atoms with E-state index in [-0.39, 0.29) is 5.54 Å². The summed E-state index contributed by atoms with van der Waals surface area (Å²) in [4.78, 5) is 12.6. The van der Waals surface area contributed by atoms with Gasteiger partial charge in [0.15, 0.2) is 5.12 Å². The fraction of sp³-hybridized carbons (Fsp3) is 0.981. The highest BCUT2D eigenvalue weighted by Gasteiger charge is 2.29. The van der Waals surface area contributed by atoms with Crippen molar-refractivity contribution in [1.82, 2.24) is 5.32 Å². The molecular weight excluding hydrogens is 771 g/mol. The molecule has 1 N–H and O–H groups in total. The van der Waals surface area contributed by atoms with Crippen molar-refractivity contribution in [2.45, 2.75) is 315 Å². The molecule has 6 heteroatoms. The van der Waals surface area contributed by atoms with Crippen molar-refractivity contribution in [3.63, 3.8) is 0 Å². The lowest BCUT2D eigenvalue weighted by Gasteiger charge is -2.35. The third kappa shape index (κ3) is 43.4. The number of rotatable bonds is 52. The van der Waals surface area contributed by atoms with Crippen molar-refractivity contribution >= 4 is 26.2 Å². The lowest BCUT2D eigenvalue weighted by atomic mass is 9.87. The van der Waals surface area contributed by atoms with Gasteiger partial charge in [-0.05, 0) is 45.2 Å². The van der Waals surface area contributed by atoms with E-state index < -0.39 is 9.28 Å². The number of unbranched alkanes of at least 4 members (excludes halogenated alkanes) is 35. The predicted octanol–water partition coefficient (Wildman–Crippen LogP) is 18.3. The van der Waals surface area contributed by atoms with Gasteiger partial charge in [0.25, 0.3) is 0 Å². The van der Waals surface area contributed by atoms with Crippen LogP contribution >= 0.6 is 11.8 Å². The van der Waals surface area contributed by atoms with Crippen molar-refractivity contribution in [2.24, 2.45) is 0 Å². The maximum Gasteiger partial charge on any atom is 0.321 e. The van der Waals surface area contributed by atoms with Crippen LogP contribution in [0, 0.1) is 0 Å². The number of thioether (sulfide) groups is 1.